The predicted octanol–water partition coefficient (Wildman–Crippen LogP) is 2.56. The average Bonchev–Trinajstić information content (AvgIpc) is 2.47. The second-order valence-electron chi connectivity index (χ2n) is 4.65. The van der Waals surface area contributed by atoms with Gasteiger partial charge in [-0.15, -0.1) is 0 Å². The van der Waals surface area contributed by atoms with Gasteiger partial charge < -0.3 is 15.5 Å². The molecule has 0 heterocycles. The van der Waals surface area contributed by atoms with E-state index in [9.17, 15) is 0 Å². The molecule has 110 valence electrons. The van der Waals surface area contributed by atoms with E-state index in [0.717, 1.165) is 26.2 Å². The van der Waals surface area contributed by atoms with E-state index < -0.39 is 0 Å². The van der Waals surface area contributed by atoms with Gasteiger partial charge in [0.2, 0.25) is 0 Å². The largest absolute Gasteiger partial charge is 0.326 e. The normalized spacial score (nSPS) is 10.5. The van der Waals surface area contributed by atoms with Crippen LogP contribution in [0.4, 0.5) is 0 Å². The number of benzene rings is 1. The molecule has 0 aliphatic carbocycles. The van der Waals surface area contributed by atoms with Crippen molar-refractivity contribution in [1.29, 1.82) is 0 Å². The summed E-state index contributed by atoms with van der Waals surface area (Å²) in [5, 5.41) is 0. The molecular formula is C16H31N3. The van der Waals surface area contributed by atoms with Crippen LogP contribution in [-0.2, 0) is 13.1 Å². The van der Waals surface area contributed by atoms with Crippen LogP contribution in [0, 0.1) is 0 Å². The summed E-state index contributed by atoms with van der Waals surface area (Å²) in [5.74, 6) is 0. The molecule has 0 radical (unpaired) electrons. The zero-order valence-corrected chi connectivity index (χ0v) is 13.3. The third-order valence-corrected chi connectivity index (χ3v) is 3.11. The maximum atomic E-state index is 5.58. The van der Waals surface area contributed by atoms with Crippen LogP contribution in [0.3, 0.4) is 0 Å². The van der Waals surface area contributed by atoms with Crippen molar-refractivity contribution in [1.82, 2.24) is 9.80 Å². The second-order valence-corrected chi connectivity index (χ2v) is 4.65. The SMILES string of the molecule is CC.CCN(C)CCN(C)Cc1ccc(CN)cc1. The summed E-state index contributed by atoms with van der Waals surface area (Å²) < 4.78 is 0. The molecule has 19 heavy (non-hydrogen) atoms. The Hall–Kier alpha value is -0.900. The lowest BCUT2D eigenvalue weighted by Crippen LogP contribution is -2.30. The molecular weight excluding hydrogens is 234 g/mol. The van der Waals surface area contributed by atoms with E-state index in [2.05, 4.69) is 55.1 Å². The summed E-state index contributed by atoms with van der Waals surface area (Å²) in [7, 11) is 4.32. The van der Waals surface area contributed by atoms with Crippen molar-refractivity contribution in [3.63, 3.8) is 0 Å². The molecule has 3 nitrogen and oxygen atoms in total. The van der Waals surface area contributed by atoms with Crippen molar-refractivity contribution >= 4 is 0 Å². The first-order chi connectivity index (χ1) is 9.15. The number of hydrogen-bond donors (Lipinski definition) is 1. The molecule has 3 heteroatoms. The van der Waals surface area contributed by atoms with Crippen molar-refractivity contribution in [2.75, 3.05) is 33.7 Å². The molecule has 1 aromatic carbocycles. The van der Waals surface area contributed by atoms with Crippen LogP contribution in [-0.4, -0.2) is 43.5 Å². The van der Waals surface area contributed by atoms with Gasteiger partial charge in [-0.05, 0) is 31.8 Å². The van der Waals surface area contributed by atoms with Crippen molar-refractivity contribution in [3.8, 4) is 0 Å². The first kappa shape index (κ1) is 18.1. The zero-order valence-electron chi connectivity index (χ0n) is 13.3. The van der Waals surface area contributed by atoms with Gasteiger partial charge in [0, 0.05) is 26.2 Å². The number of hydrogen-bond acceptors (Lipinski definition) is 3. The Kier molecular flexibility index (Phi) is 10.5. The highest BCUT2D eigenvalue weighted by molar-refractivity contribution is 5.22. The number of nitrogens with zero attached hydrogens (tertiary/aromatic N) is 2. The lowest BCUT2D eigenvalue weighted by molar-refractivity contribution is 0.258. The first-order valence-corrected chi connectivity index (χ1v) is 7.30. The second kappa shape index (κ2) is 11.0. The van der Waals surface area contributed by atoms with Crippen molar-refractivity contribution < 1.29 is 0 Å². The summed E-state index contributed by atoms with van der Waals surface area (Å²) in [5.41, 5.74) is 8.13. The predicted molar refractivity (Wildman–Crippen MR) is 85.2 cm³/mol. The van der Waals surface area contributed by atoms with Gasteiger partial charge in [0.25, 0.3) is 0 Å². The summed E-state index contributed by atoms with van der Waals surface area (Å²) >= 11 is 0. The van der Waals surface area contributed by atoms with E-state index in [-0.39, 0.29) is 0 Å². The van der Waals surface area contributed by atoms with Crippen LogP contribution < -0.4 is 5.73 Å². The van der Waals surface area contributed by atoms with E-state index in [0.29, 0.717) is 6.54 Å². The molecule has 1 rings (SSSR count). The minimum Gasteiger partial charge on any atom is -0.326 e. The summed E-state index contributed by atoms with van der Waals surface area (Å²) in [4.78, 5) is 4.68. The van der Waals surface area contributed by atoms with Gasteiger partial charge >= 0.3 is 0 Å². The Morgan fingerprint density at radius 2 is 1.37 bits per heavy atom. The van der Waals surface area contributed by atoms with E-state index in [1.807, 2.05) is 13.8 Å². The Bertz CT molecular complexity index is 308. The average molecular weight is 265 g/mol. The third kappa shape index (κ3) is 7.98. The standard InChI is InChI=1S/C14H25N3.C2H6/c1-4-16(2)9-10-17(3)12-14-7-5-13(11-15)6-8-14;1-2/h5-8H,4,9-12,15H2,1-3H3;1-2H3. The minimum absolute atomic E-state index is 0.622. The molecule has 0 unspecified atom stereocenters. The van der Waals surface area contributed by atoms with E-state index in [4.69, 9.17) is 5.73 Å². The van der Waals surface area contributed by atoms with Gasteiger partial charge in [-0.3, -0.25) is 0 Å². The maximum Gasteiger partial charge on any atom is 0.0231 e. The van der Waals surface area contributed by atoms with Gasteiger partial charge in [-0.2, -0.15) is 0 Å². The Morgan fingerprint density at radius 1 is 0.895 bits per heavy atom. The fourth-order valence-electron chi connectivity index (χ4n) is 1.67. The Balaban J connectivity index is 0.00000154. The molecule has 0 bridgehead atoms. The van der Waals surface area contributed by atoms with Gasteiger partial charge in [-0.25, -0.2) is 0 Å². The van der Waals surface area contributed by atoms with E-state index in [1.165, 1.54) is 11.1 Å². The molecule has 0 atom stereocenters. The van der Waals surface area contributed by atoms with Crippen LogP contribution >= 0.6 is 0 Å². The lowest BCUT2D eigenvalue weighted by Gasteiger charge is -2.21. The van der Waals surface area contributed by atoms with Crippen molar-refractivity contribution in [2.45, 2.75) is 33.9 Å². The van der Waals surface area contributed by atoms with Gasteiger partial charge in [0.05, 0.1) is 0 Å². The molecule has 0 spiro atoms. The van der Waals surface area contributed by atoms with Crippen molar-refractivity contribution in [3.05, 3.63) is 35.4 Å². The highest BCUT2D eigenvalue weighted by Gasteiger charge is 2.02. The molecule has 0 aromatic heterocycles. The van der Waals surface area contributed by atoms with Crippen LogP contribution in [0.1, 0.15) is 31.9 Å². The van der Waals surface area contributed by atoms with Gasteiger partial charge in [0.15, 0.2) is 0 Å². The van der Waals surface area contributed by atoms with E-state index >= 15 is 0 Å². The van der Waals surface area contributed by atoms with Gasteiger partial charge in [-0.1, -0.05) is 45.0 Å². The topological polar surface area (TPSA) is 32.5 Å². The van der Waals surface area contributed by atoms with Crippen LogP contribution in [0.2, 0.25) is 0 Å². The highest BCUT2D eigenvalue weighted by atomic mass is 15.2. The molecule has 0 aliphatic rings. The first-order valence-electron chi connectivity index (χ1n) is 7.30. The monoisotopic (exact) mass is 265 g/mol. The van der Waals surface area contributed by atoms with Crippen LogP contribution in [0.15, 0.2) is 24.3 Å². The molecule has 0 fully saturated rings. The molecule has 0 aliphatic heterocycles. The number of nitrogens with two attached hydrogens (primary N) is 1. The fourth-order valence-corrected chi connectivity index (χ4v) is 1.67. The Labute approximate surface area is 119 Å². The number of rotatable bonds is 7. The molecule has 2 N–H and O–H groups in total. The summed E-state index contributed by atoms with van der Waals surface area (Å²) in [6, 6.07) is 8.56. The summed E-state index contributed by atoms with van der Waals surface area (Å²) in [6.45, 7) is 11.1. The minimum atomic E-state index is 0.622. The number of likely N-dealkylation sites (N-methyl/N-ethyl adjacent to an activating group) is 2. The smallest absolute Gasteiger partial charge is 0.0231 e. The molecule has 0 saturated carbocycles. The van der Waals surface area contributed by atoms with Crippen LogP contribution in [0.5, 0.6) is 0 Å². The quantitative estimate of drug-likeness (QED) is 0.822. The molecule has 1 aromatic rings. The lowest BCUT2D eigenvalue weighted by atomic mass is 10.1. The Morgan fingerprint density at radius 3 is 1.84 bits per heavy atom. The maximum absolute atomic E-state index is 5.58. The highest BCUT2D eigenvalue weighted by Crippen LogP contribution is 2.06. The summed E-state index contributed by atoms with van der Waals surface area (Å²) in [6.07, 6.45) is 0. The molecule has 0 amide bonds. The van der Waals surface area contributed by atoms with Crippen molar-refractivity contribution in [2.24, 2.45) is 5.73 Å². The van der Waals surface area contributed by atoms with Crippen LogP contribution in [0.25, 0.3) is 0 Å². The van der Waals surface area contributed by atoms with E-state index in [1.54, 1.807) is 0 Å². The molecule has 0 saturated heterocycles. The third-order valence-electron chi connectivity index (χ3n) is 3.11. The fraction of sp³-hybridized carbons (Fsp3) is 0.625. The zero-order chi connectivity index (χ0) is 14.7. The van der Waals surface area contributed by atoms with Gasteiger partial charge in [0.1, 0.15) is 0 Å².